The number of ether oxygens (including phenoxy) is 1. The van der Waals surface area contributed by atoms with Crippen LogP contribution in [0.3, 0.4) is 0 Å². The molecular formula is C7H11NO. The largest absolute Gasteiger partial charge is 0.353 e. The van der Waals surface area contributed by atoms with Gasteiger partial charge in [-0.25, -0.2) is 0 Å². The van der Waals surface area contributed by atoms with Crippen molar-refractivity contribution in [2.45, 2.75) is 25.9 Å². The van der Waals surface area contributed by atoms with Crippen molar-refractivity contribution in [3.63, 3.8) is 0 Å². The number of epoxide rings is 1. The van der Waals surface area contributed by atoms with Crippen molar-refractivity contribution >= 4 is 0 Å². The van der Waals surface area contributed by atoms with E-state index < -0.39 is 5.60 Å². The van der Waals surface area contributed by atoms with Crippen molar-refractivity contribution in [1.82, 2.24) is 0 Å². The summed E-state index contributed by atoms with van der Waals surface area (Å²) in [6.45, 7) is 4.76. The third-order valence-electron chi connectivity index (χ3n) is 2.05. The van der Waals surface area contributed by atoms with Crippen LogP contribution < -0.4 is 0 Å². The first kappa shape index (κ1) is 6.57. The number of nitriles is 1. The maximum absolute atomic E-state index is 8.58. The first-order chi connectivity index (χ1) is 4.25. The molecule has 0 aromatic rings. The molecule has 0 radical (unpaired) electrons. The smallest absolute Gasteiger partial charge is 0.180 e. The van der Waals surface area contributed by atoms with E-state index in [0.29, 0.717) is 12.5 Å². The summed E-state index contributed by atoms with van der Waals surface area (Å²) in [7, 11) is 0. The van der Waals surface area contributed by atoms with Crippen molar-refractivity contribution in [2.24, 2.45) is 5.92 Å². The van der Waals surface area contributed by atoms with E-state index in [-0.39, 0.29) is 0 Å². The highest BCUT2D eigenvalue weighted by molar-refractivity contribution is 5.13. The van der Waals surface area contributed by atoms with Crippen LogP contribution in [0.15, 0.2) is 0 Å². The lowest BCUT2D eigenvalue weighted by Crippen LogP contribution is -2.18. The molecule has 0 bridgehead atoms. The number of rotatable bonds is 2. The van der Waals surface area contributed by atoms with Crippen LogP contribution in [-0.4, -0.2) is 12.2 Å². The summed E-state index contributed by atoms with van der Waals surface area (Å²) in [5.74, 6) is 0.391. The molecule has 1 aliphatic heterocycles. The monoisotopic (exact) mass is 125 g/mol. The van der Waals surface area contributed by atoms with E-state index in [9.17, 15) is 0 Å². The van der Waals surface area contributed by atoms with Gasteiger partial charge in [-0.15, -0.1) is 0 Å². The second-order valence-corrected chi connectivity index (χ2v) is 2.60. The molecule has 2 heteroatoms. The SMILES string of the molecule is CCC(C)C1(C#N)CO1. The highest BCUT2D eigenvalue weighted by Crippen LogP contribution is 2.35. The van der Waals surface area contributed by atoms with E-state index in [0.717, 1.165) is 6.42 Å². The molecule has 0 aromatic carbocycles. The van der Waals surface area contributed by atoms with Gasteiger partial charge in [-0.2, -0.15) is 5.26 Å². The zero-order valence-electron chi connectivity index (χ0n) is 5.85. The second-order valence-electron chi connectivity index (χ2n) is 2.60. The lowest BCUT2D eigenvalue weighted by atomic mass is 9.94. The standard InChI is InChI=1S/C7H11NO/c1-3-6(2)7(4-8)5-9-7/h6H,3,5H2,1-2H3. The minimum absolute atomic E-state index is 0.391. The average Bonchev–Trinajstić information content (AvgIpc) is 2.66. The van der Waals surface area contributed by atoms with Gasteiger partial charge in [0.1, 0.15) is 6.07 Å². The fourth-order valence-electron chi connectivity index (χ4n) is 0.867. The molecule has 1 heterocycles. The molecule has 1 fully saturated rings. The fourth-order valence-corrected chi connectivity index (χ4v) is 0.867. The van der Waals surface area contributed by atoms with Gasteiger partial charge in [0.15, 0.2) is 5.60 Å². The van der Waals surface area contributed by atoms with Crippen LogP contribution in [0.5, 0.6) is 0 Å². The fraction of sp³-hybridized carbons (Fsp3) is 0.857. The van der Waals surface area contributed by atoms with Crippen molar-refractivity contribution in [3.05, 3.63) is 0 Å². The molecule has 0 N–H and O–H groups in total. The Bertz CT molecular complexity index is 143. The molecule has 0 aromatic heterocycles. The van der Waals surface area contributed by atoms with Crippen LogP contribution in [0.25, 0.3) is 0 Å². The van der Waals surface area contributed by atoms with Crippen LogP contribution in [0, 0.1) is 17.2 Å². The van der Waals surface area contributed by atoms with Gasteiger partial charge in [0.2, 0.25) is 0 Å². The first-order valence-electron chi connectivity index (χ1n) is 3.30. The maximum Gasteiger partial charge on any atom is 0.180 e. The summed E-state index contributed by atoms with van der Waals surface area (Å²) in [6, 6.07) is 2.18. The zero-order valence-corrected chi connectivity index (χ0v) is 5.85. The van der Waals surface area contributed by atoms with Crippen molar-refractivity contribution in [1.29, 1.82) is 5.26 Å². The van der Waals surface area contributed by atoms with Crippen LogP contribution >= 0.6 is 0 Å². The van der Waals surface area contributed by atoms with Crippen LogP contribution in [-0.2, 0) is 4.74 Å². The summed E-state index contributed by atoms with van der Waals surface area (Å²) in [5.41, 5.74) is -0.394. The van der Waals surface area contributed by atoms with Crippen molar-refractivity contribution < 1.29 is 4.74 Å². The molecule has 2 atom stereocenters. The molecule has 1 rings (SSSR count). The van der Waals surface area contributed by atoms with Gasteiger partial charge in [0.25, 0.3) is 0 Å². The van der Waals surface area contributed by atoms with E-state index in [4.69, 9.17) is 10.00 Å². The van der Waals surface area contributed by atoms with E-state index in [2.05, 4.69) is 19.9 Å². The molecule has 1 aliphatic rings. The normalized spacial score (nSPS) is 35.2. The Balaban J connectivity index is 2.52. The minimum atomic E-state index is -0.394. The van der Waals surface area contributed by atoms with Crippen LogP contribution in [0.2, 0.25) is 0 Å². The quantitative estimate of drug-likeness (QED) is 0.522. The second kappa shape index (κ2) is 2.00. The Hall–Kier alpha value is -0.550. The highest BCUT2D eigenvalue weighted by Gasteiger charge is 2.49. The Morgan fingerprint density at radius 2 is 2.44 bits per heavy atom. The molecular weight excluding hydrogens is 114 g/mol. The molecule has 9 heavy (non-hydrogen) atoms. The lowest BCUT2D eigenvalue weighted by Gasteiger charge is -2.08. The van der Waals surface area contributed by atoms with E-state index in [1.807, 2.05) is 0 Å². The number of hydrogen-bond acceptors (Lipinski definition) is 2. The predicted octanol–water partition coefficient (Wildman–Crippen LogP) is 1.33. The average molecular weight is 125 g/mol. The Kier molecular flexibility index (Phi) is 1.46. The maximum atomic E-state index is 8.58. The van der Waals surface area contributed by atoms with Crippen LogP contribution in [0.1, 0.15) is 20.3 Å². The summed E-state index contributed by atoms with van der Waals surface area (Å²) in [4.78, 5) is 0. The molecule has 1 saturated heterocycles. The molecule has 50 valence electrons. The van der Waals surface area contributed by atoms with Gasteiger partial charge in [-0.3, -0.25) is 0 Å². The summed E-state index contributed by atoms with van der Waals surface area (Å²) >= 11 is 0. The molecule has 0 spiro atoms. The number of hydrogen-bond donors (Lipinski definition) is 0. The number of nitrogens with zero attached hydrogens (tertiary/aromatic N) is 1. The lowest BCUT2D eigenvalue weighted by molar-refractivity contribution is 0.278. The molecule has 0 aliphatic carbocycles. The van der Waals surface area contributed by atoms with Gasteiger partial charge in [-0.1, -0.05) is 13.8 Å². The highest BCUT2D eigenvalue weighted by atomic mass is 16.6. The Morgan fingerprint density at radius 3 is 2.56 bits per heavy atom. The summed E-state index contributed by atoms with van der Waals surface area (Å²) < 4.78 is 5.04. The topological polar surface area (TPSA) is 36.3 Å². The Labute approximate surface area is 55.4 Å². The van der Waals surface area contributed by atoms with Crippen LogP contribution in [0.4, 0.5) is 0 Å². The Morgan fingerprint density at radius 1 is 1.89 bits per heavy atom. The molecule has 0 saturated carbocycles. The van der Waals surface area contributed by atoms with Gasteiger partial charge < -0.3 is 4.74 Å². The third kappa shape index (κ3) is 0.927. The van der Waals surface area contributed by atoms with E-state index in [1.54, 1.807) is 0 Å². The van der Waals surface area contributed by atoms with Gasteiger partial charge in [0.05, 0.1) is 6.61 Å². The van der Waals surface area contributed by atoms with E-state index in [1.165, 1.54) is 0 Å². The van der Waals surface area contributed by atoms with Gasteiger partial charge in [0, 0.05) is 5.92 Å². The summed E-state index contributed by atoms with van der Waals surface area (Å²) in [6.07, 6.45) is 1.02. The summed E-state index contributed by atoms with van der Waals surface area (Å²) in [5, 5.41) is 8.58. The van der Waals surface area contributed by atoms with Crippen molar-refractivity contribution in [3.8, 4) is 6.07 Å². The third-order valence-corrected chi connectivity index (χ3v) is 2.05. The zero-order chi connectivity index (χ0) is 6.91. The van der Waals surface area contributed by atoms with E-state index >= 15 is 0 Å². The minimum Gasteiger partial charge on any atom is -0.353 e. The molecule has 0 amide bonds. The first-order valence-corrected chi connectivity index (χ1v) is 3.30. The predicted molar refractivity (Wildman–Crippen MR) is 33.8 cm³/mol. The van der Waals surface area contributed by atoms with Gasteiger partial charge in [-0.05, 0) is 6.42 Å². The van der Waals surface area contributed by atoms with Crippen molar-refractivity contribution in [2.75, 3.05) is 6.61 Å². The molecule has 2 unspecified atom stereocenters. The van der Waals surface area contributed by atoms with Gasteiger partial charge >= 0.3 is 0 Å². The molecule has 2 nitrogen and oxygen atoms in total.